The quantitative estimate of drug-likeness (QED) is 0.827. The van der Waals surface area contributed by atoms with E-state index in [1.54, 1.807) is 24.3 Å². The summed E-state index contributed by atoms with van der Waals surface area (Å²) in [4.78, 5) is 0. The summed E-state index contributed by atoms with van der Waals surface area (Å²) < 4.78 is 19.0. The van der Waals surface area contributed by atoms with Gasteiger partial charge in [-0.15, -0.1) is 0 Å². The van der Waals surface area contributed by atoms with Crippen LogP contribution in [-0.4, -0.2) is 5.11 Å². The lowest BCUT2D eigenvalue weighted by Gasteiger charge is -2.30. The first-order chi connectivity index (χ1) is 9.54. The maximum absolute atomic E-state index is 13.2. The van der Waals surface area contributed by atoms with Crippen molar-refractivity contribution in [2.75, 3.05) is 0 Å². The van der Waals surface area contributed by atoms with Crippen molar-refractivity contribution < 1.29 is 14.2 Å². The predicted octanol–water partition coefficient (Wildman–Crippen LogP) is 4.69. The first-order valence-electron chi connectivity index (χ1n) is 6.13. The molecule has 0 radical (unpaired) electrons. The average Bonchev–Trinajstić information content (AvgIpc) is 2.42. The van der Waals surface area contributed by atoms with Gasteiger partial charge >= 0.3 is 0 Å². The third-order valence-corrected chi connectivity index (χ3v) is 3.88. The van der Waals surface area contributed by atoms with Gasteiger partial charge in [0.25, 0.3) is 0 Å². The van der Waals surface area contributed by atoms with Crippen LogP contribution >= 0.6 is 23.2 Å². The Balaban J connectivity index is 1.94. The molecule has 0 fully saturated rings. The van der Waals surface area contributed by atoms with E-state index in [0.717, 1.165) is 5.56 Å². The molecule has 0 saturated carbocycles. The van der Waals surface area contributed by atoms with Gasteiger partial charge in [-0.05, 0) is 35.9 Å². The van der Waals surface area contributed by atoms with Crippen LogP contribution in [0.25, 0.3) is 0 Å². The van der Waals surface area contributed by atoms with E-state index in [0.29, 0.717) is 22.8 Å². The van der Waals surface area contributed by atoms with Gasteiger partial charge in [0.1, 0.15) is 17.7 Å². The Bertz CT molecular complexity index is 660. The minimum absolute atomic E-state index is 0.0440. The molecule has 3 rings (SSSR count). The molecule has 2 aromatic rings. The van der Waals surface area contributed by atoms with Gasteiger partial charge in [0.15, 0.2) is 0 Å². The molecule has 1 heterocycles. The zero-order valence-electron chi connectivity index (χ0n) is 10.3. The van der Waals surface area contributed by atoms with Gasteiger partial charge < -0.3 is 9.84 Å². The van der Waals surface area contributed by atoms with Crippen LogP contribution in [0.2, 0.25) is 10.0 Å². The first kappa shape index (κ1) is 13.7. The molecule has 1 N–H and O–H groups in total. The number of aliphatic hydroxyl groups excluding tert-OH is 1. The fourth-order valence-electron chi connectivity index (χ4n) is 2.33. The highest BCUT2D eigenvalue weighted by Gasteiger charge is 2.28. The lowest BCUT2D eigenvalue weighted by Crippen LogP contribution is -2.19. The molecule has 2 aromatic carbocycles. The van der Waals surface area contributed by atoms with Crippen molar-refractivity contribution in [3.05, 3.63) is 63.4 Å². The van der Waals surface area contributed by atoms with Crippen LogP contribution in [0.5, 0.6) is 5.75 Å². The number of benzene rings is 2. The summed E-state index contributed by atoms with van der Waals surface area (Å²) in [5.41, 5.74) is 1.40. The van der Waals surface area contributed by atoms with Gasteiger partial charge in [-0.2, -0.15) is 0 Å². The van der Waals surface area contributed by atoms with Gasteiger partial charge in [0.2, 0.25) is 0 Å². The summed E-state index contributed by atoms with van der Waals surface area (Å²) in [6.45, 7) is 0. The number of rotatable bonds is 1. The molecular weight excluding hydrogens is 302 g/mol. The van der Waals surface area contributed by atoms with E-state index in [1.165, 1.54) is 12.1 Å². The molecule has 0 saturated heterocycles. The van der Waals surface area contributed by atoms with E-state index in [2.05, 4.69) is 0 Å². The molecule has 5 heteroatoms. The fraction of sp³-hybridized carbons (Fsp3) is 0.200. The predicted molar refractivity (Wildman–Crippen MR) is 75.8 cm³/mol. The molecule has 0 bridgehead atoms. The van der Waals surface area contributed by atoms with Gasteiger partial charge in [-0.3, -0.25) is 0 Å². The van der Waals surface area contributed by atoms with Crippen molar-refractivity contribution in [1.82, 2.24) is 0 Å². The Morgan fingerprint density at radius 1 is 1.15 bits per heavy atom. The number of hydrogen-bond donors (Lipinski definition) is 1. The smallest absolute Gasteiger partial charge is 0.141 e. The maximum atomic E-state index is 13.2. The number of aliphatic hydroxyl groups is 1. The molecule has 1 unspecified atom stereocenters. The standard InChI is InChI=1S/C15H11Cl2FO2/c16-9-2-4-14-10(6-9)13(19)7-15(20-14)8-1-3-12(18)11(17)5-8/h1-6,13,15,19H,7H2/t13-,15?/m0/s1. The largest absolute Gasteiger partial charge is 0.485 e. The minimum atomic E-state index is -0.675. The highest BCUT2D eigenvalue weighted by atomic mass is 35.5. The van der Waals surface area contributed by atoms with Crippen LogP contribution < -0.4 is 4.74 Å². The Hall–Kier alpha value is -1.29. The molecule has 20 heavy (non-hydrogen) atoms. The van der Waals surface area contributed by atoms with E-state index in [1.807, 2.05) is 0 Å². The lowest BCUT2D eigenvalue weighted by molar-refractivity contribution is 0.0657. The molecule has 0 aliphatic carbocycles. The monoisotopic (exact) mass is 312 g/mol. The van der Waals surface area contributed by atoms with Crippen molar-refractivity contribution in [2.24, 2.45) is 0 Å². The van der Waals surface area contributed by atoms with E-state index < -0.39 is 11.9 Å². The molecular formula is C15H11Cl2FO2. The highest BCUT2D eigenvalue weighted by molar-refractivity contribution is 6.31. The van der Waals surface area contributed by atoms with E-state index >= 15 is 0 Å². The molecule has 104 valence electrons. The van der Waals surface area contributed by atoms with Crippen molar-refractivity contribution in [1.29, 1.82) is 0 Å². The van der Waals surface area contributed by atoms with E-state index in [9.17, 15) is 9.50 Å². The van der Waals surface area contributed by atoms with Crippen molar-refractivity contribution >= 4 is 23.2 Å². The van der Waals surface area contributed by atoms with Gasteiger partial charge in [0.05, 0.1) is 11.1 Å². The number of hydrogen-bond acceptors (Lipinski definition) is 2. The number of fused-ring (bicyclic) bond motifs is 1. The number of halogens is 3. The Morgan fingerprint density at radius 3 is 2.70 bits per heavy atom. The third kappa shape index (κ3) is 2.49. The summed E-state index contributed by atoms with van der Waals surface area (Å²) in [5.74, 6) is 0.109. The molecule has 0 spiro atoms. The summed E-state index contributed by atoms with van der Waals surface area (Å²) in [6, 6.07) is 9.54. The van der Waals surface area contributed by atoms with Gasteiger partial charge in [-0.1, -0.05) is 29.3 Å². The van der Waals surface area contributed by atoms with Crippen molar-refractivity contribution in [3.8, 4) is 5.75 Å². The zero-order valence-corrected chi connectivity index (χ0v) is 11.8. The second-order valence-corrected chi connectivity index (χ2v) is 5.56. The second kappa shape index (κ2) is 5.24. The van der Waals surface area contributed by atoms with Crippen LogP contribution in [0.15, 0.2) is 36.4 Å². The molecule has 1 aliphatic rings. The van der Waals surface area contributed by atoms with Gasteiger partial charge in [0, 0.05) is 17.0 Å². The van der Waals surface area contributed by atoms with Crippen LogP contribution in [0, 0.1) is 5.82 Å². The molecule has 2 nitrogen and oxygen atoms in total. The van der Waals surface area contributed by atoms with E-state index in [4.69, 9.17) is 27.9 Å². The molecule has 1 aliphatic heterocycles. The van der Waals surface area contributed by atoms with E-state index in [-0.39, 0.29) is 11.1 Å². The van der Waals surface area contributed by atoms with Gasteiger partial charge in [-0.25, -0.2) is 4.39 Å². The Labute approximate surface area is 125 Å². The Morgan fingerprint density at radius 2 is 1.95 bits per heavy atom. The Kier molecular flexibility index (Phi) is 3.59. The van der Waals surface area contributed by atoms with Crippen LogP contribution in [0.1, 0.15) is 29.8 Å². The molecule has 2 atom stereocenters. The SMILES string of the molecule is O[C@H]1CC(c2ccc(F)c(Cl)c2)Oc2ccc(Cl)cc21. The summed E-state index contributed by atoms with van der Waals surface area (Å²) >= 11 is 11.7. The number of ether oxygens (including phenoxy) is 1. The normalized spacial score (nSPS) is 21.2. The highest BCUT2D eigenvalue weighted by Crippen LogP contribution is 2.42. The summed E-state index contributed by atoms with van der Waals surface area (Å²) in [5, 5.41) is 10.8. The molecule has 0 amide bonds. The second-order valence-electron chi connectivity index (χ2n) is 4.71. The minimum Gasteiger partial charge on any atom is -0.485 e. The zero-order chi connectivity index (χ0) is 14.3. The topological polar surface area (TPSA) is 29.5 Å². The third-order valence-electron chi connectivity index (χ3n) is 3.35. The fourth-order valence-corrected chi connectivity index (χ4v) is 2.70. The summed E-state index contributed by atoms with van der Waals surface area (Å²) in [6.07, 6.45) is -0.668. The van der Waals surface area contributed by atoms with Crippen LogP contribution in [-0.2, 0) is 0 Å². The maximum Gasteiger partial charge on any atom is 0.141 e. The van der Waals surface area contributed by atoms with Crippen molar-refractivity contribution in [3.63, 3.8) is 0 Å². The van der Waals surface area contributed by atoms with Crippen LogP contribution in [0.4, 0.5) is 4.39 Å². The average molecular weight is 313 g/mol. The molecule has 0 aromatic heterocycles. The first-order valence-corrected chi connectivity index (χ1v) is 6.89. The lowest BCUT2D eigenvalue weighted by atomic mass is 9.95. The van der Waals surface area contributed by atoms with Crippen LogP contribution in [0.3, 0.4) is 0 Å². The summed E-state index contributed by atoms with van der Waals surface area (Å²) in [7, 11) is 0. The van der Waals surface area contributed by atoms with Crippen molar-refractivity contribution in [2.45, 2.75) is 18.6 Å².